The molecule has 1 aliphatic rings. The lowest BCUT2D eigenvalue weighted by Gasteiger charge is -1.99. The van der Waals surface area contributed by atoms with Crippen molar-refractivity contribution in [2.24, 2.45) is 0 Å². The summed E-state index contributed by atoms with van der Waals surface area (Å²) in [4.78, 5) is 4.55. The Morgan fingerprint density at radius 3 is 2.94 bits per heavy atom. The summed E-state index contributed by atoms with van der Waals surface area (Å²) >= 11 is 5.78. The summed E-state index contributed by atoms with van der Waals surface area (Å²) in [5.74, 6) is 2.45. The van der Waals surface area contributed by atoms with Gasteiger partial charge in [-0.05, 0) is 53.6 Å². The summed E-state index contributed by atoms with van der Waals surface area (Å²) in [7, 11) is 0. The highest BCUT2D eigenvalue weighted by Crippen LogP contribution is 2.38. The van der Waals surface area contributed by atoms with Crippen LogP contribution in [-0.2, 0) is 0 Å². The third-order valence-electron chi connectivity index (χ3n) is 2.64. The zero-order valence-corrected chi connectivity index (χ0v) is 12.1. The number of hydrogen-bond acceptors (Lipinski definition) is 2. The van der Waals surface area contributed by atoms with Gasteiger partial charge in [0.1, 0.15) is 5.82 Å². The van der Waals surface area contributed by atoms with Crippen LogP contribution in [0.5, 0.6) is 0 Å². The Morgan fingerprint density at radius 2 is 2.19 bits per heavy atom. The molecule has 1 aliphatic carbocycles. The molecule has 1 saturated carbocycles. The third-order valence-corrected chi connectivity index (χ3v) is 4.07. The van der Waals surface area contributed by atoms with Crippen LogP contribution in [0.2, 0.25) is 0 Å². The van der Waals surface area contributed by atoms with Gasteiger partial charge >= 0.3 is 0 Å². The topological polar surface area (TPSA) is 41.6 Å². The van der Waals surface area contributed by atoms with Crippen molar-refractivity contribution >= 4 is 38.5 Å². The summed E-state index contributed by atoms with van der Waals surface area (Å²) in [6, 6.07) is 6.15. The summed E-state index contributed by atoms with van der Waals surface area (Å²) in [5, 5.41) is 7.32. The fourth-order valence-electron chi connectivity index (χ4n) is 1.60. The zero-order chi connectivity index (χ0) is 11.1. The second kappa shape index (κ2) is 4.10. The van der Waals surface area contributed by atoms with E-state index in [0.717, 1.165) is 21.7 Å². The van der Waals surface area contributed by atoms with Crippen molar-refractivity contribution in [1.82, 2.24) is 15.2 Å². The van der Waals surface area contributed by atoms with Crippen LogP contribution in [0, 0.1) is 3.57 Å². The molecule has 1 N–H and O–H groups in total. The van der Waals surface area contributed by atoms with E-state index in [4.69, 9.17) is 0 Å². The minimum atomic E-state index is 0.617. The lowest BCUT2D eigenvalue weighted by Crippen LogP contribution is -1.86. The smallest absolute Gasteiger partial charge is 0.182 e. The number of halogens is 2. The van der Waals surface area contributed by atoms with Gasteiger partial charge in [-0.25, -0.2) is 4.98 Å². The number of nitrogens with zero attached hydrogens (tertiary/aromatic N) is 2. The fourth-order valence-corrected chi connectivity index (χ4v) is 2.54. The molecule has 0 bridgehead atoms. The predicted molar refractivity (Wildman–Crippen MR) is 74.2 cm³/mol. The first-order valence-electron chi connectivity index (χ1n) is 5.12. The van der Waals surface area contributed by atoms with Crippen molar-refractivity contribution in [2.75, 3.05) is 0 Å². The highest BCUT2D eigenvalue weighted by Gasteiger charge is 2.27. The first-order valence-corrected chi connectivity index (χ1v) is 6.99. The molecule has 0 unspecified atom stereocenters. The average molecular weight is 390 g/mol. The zero-order valence-electron chi connectivity index (χ0n) is 8.37. The molecule has 16 heavy (non-hydrogen) atoms. The highest BCUT2D eigenvalue weighted by molar-refractivity contribution is 14.1. The second-order valence-electron chi connectivity index (χ2n) is 3.94. The maximum Gasteiger partial charge on any atom is 0.182 e. The molecule has 0 atom stereocenters. The van der Waals surface area contributed by atoms with Crippen LogP contribution in [0.15, 0.2) is 22.7 Å². The molecule has 3 rings (SSSR count). The summed E-state index contributed by atoms with van der Waals surface area (Å²) in [5.41, 5.74) is 1.08. The van der Waals surface area contributed by atoms with Crippen molar-refractivity contribution in [3.8, 4) is 11.4 Å². The molecule has 1 aromatic carbocycles. The van der Waals surface area contributed by atoms with Crippen molar-refractivity contribution < 1.29 is 0 Å². The molecule has 0 aliphatic heterocycles. The van der Waals surface area contributed by atoms with Gasteiger partial charge < -0.3 is 0 Å². The van der Waals surface area contributed by atoms with Crippen LogP contribution >= 0.6 is 38.5 Å². The molecule has 0 amide bonds. The lowest BCUT2D eigenvalue weighted by atomic mass is 10.2. The normalized spacial score (nSPS) is 15.4. The summed E-state index contributed by atoms with van der Waals surface area (Å²) in [6.45, 7) is 0. The van der Waals surface area contributed by atoms with Crippen molar-refractivity contribution in [3.63, 3.8) is 0 Å². The third kappa shape index (κ3) is 2.02. The first kappa shape index (κ1) is 10.7. The van der Waals surface area contributed by atoms with Crippen LogP contribution in [0.1, 0.15) is 24.6 Å². The van der Waals surface area contributed by atoms with Crippen molar-refractivity contribution in [2.45, 2.75) is 18.8 Å². The Hall–Kier alpha value is -0.430. The van der Waals surface area contributed by atoms with Gasteiger partial charge in [0.25, 0.3) is 0 Å². The minimum Gasteiger partial charge on any atom is -0.262 e. The molecule has 5 heteroatoms. The molecule has 1 heterocycles. The number of rotatable bonds is 2. The molecule has 2 aromatic rings. The number of benzene rings is 1. The highest BCUT2D eigenvalue weighted by atomic mass is 127. The van der Waals surface area contributed by atoms with E-state index < -0.39 is 0 Å². The summed E-state index contributed by atoms with van der Waals surface area (Å²) < 4.78 is 2.22. The van der Waals surface area contributed by atoms with Gasteiger partial charge in [-0.2, -0.15) is 5.10 Å². The van der Waals surface area contributed by atoms with Gasteiger partial charge in [0.05, 0.1) is 0 Å². The molecule has 82 valence electrons. The van der Waals surface area contributed by atoms with Gasteiger partial charge in [-0.15, -0.1) is 0 Å². The standard InChI is InChI=1S/C11H9BrIN3/c12-7-3-4-9(13)8(5-7)11-14-10(15-16-11)6-1-2-6/h3-6H,1-2H2,(H,14,15,16). The van der Waals surface area contributed by atoms with Gasteiger partial charge in [0.2, 0.25) is 0 Å². The van der Waals surface area contributed by atoms with Crippen molar-refractivity contribution in [3.05, 3.63) is 32.1 Å². The van der Waals surface area contributed by atoms with E-state index in [1.54, 1.807) is 0 Å². The van der Waals surface area contributed by atoms with E-state index in [1.807, 2.05) is 6.07 Å². The lowest BCUT2D eigenvalue weighted by molar-refractivity contribution is 0.935. The van der Waals surface area contributed by atoms with Gasteiger partial charge in [0.15, 0.2) is 5.82 Å². The fraction of sp³-hybridized carbons (Fsp3) is 0.273. The van der Waals surface area contributed by atoms with E-state index >= 15 is 0 Å². The SMILES string of the molecule is Brc1ccc(I)c(-c2n[nH]c(C3CC3)n2)c1. The molecular formula is C11H9BrIN3. The maximum atomic E-state index is 4.55. The van der Waals surface area contributed by atoms with Gasteiger partial charge in [-0.3, -0.25) is 5.10 Å². The van der Waals surface area contributed by atoms with E-state index in [1.165, 1.54) is 16.4 Å². The number of aromatic nitrogens is 3. The molecule has 3 nitrogen and oxygen atoms in total. The predicted octanol–water partition coefficient (Wildman–Crippen LogP) is 3.72. The second-order valence-corrected chi connectivity index (χ2v) is 6.02. The van der Waals surface area contributed by atoms with Crippen LogP contribution in [0.25, 0.3) is 11.4 Å². The van der Waals surface area contributed by atoms with Crippen LogP contribution in [0.4, 0.5) is 0 Å². The Kier molecular flexibility index (Phi) is 2.75. The maximum absolute atomic E-state index is 4.55. The van der Waals surface area contributed by atoms with E-state index in [0.29, 0.717) is 5.92 Å². The largest absolute Gasteiger partial charge is 0.262 e. The molecule has 0 spiro atoms. The van der Waals surface area contributed by atoms with Gasteiger partial charge in [0, 0.05) is 19.5 Å². The van der Waals surface area contributed by atoms with Gasteiger partial charge in [-0.1, -0.05) is 15.9 Å². The summed E-state index contributed by atoms with van der Waals surface area (Å²) in [6.07, 6.45) is 2.48. The molecule has 1 fully saturated rings. The van der Waals surface area contributed by atoms with Crippen molar-refractivity contribution in [1.29, 1.82) is 0 Å². The van der Waals surface area contributed by atoms with Crippen LogP contribution < -0.4 is 0 Å². The number of hydrogen-bond donors (Lipinski definition) is 1. The molecule has 0 radical (unpaired) electrons. The quantitative estimate of drug-likeness (QED) is 0.795. The van der Waals surface area contributed by atoms with E-state index in [9.17, 15) is 0 Å². The monoisotopic (exact) mass is 389 g/mol. The Bertz CT molecular complexity index is 534. The first-order chi connectivity index (χ1) is 7.74. The Morgan fingerprint density at radius 1 is 1.38 bits per heavy atom. The van der Waals surface area contributed by atoms with E-state index in [-0.39, 0.29) is 0 Å². The minimum absolute atomic E-state index is 0.617. The number of aromatic amines is 1. The average Bonchev–Trinajstić information content (AvgIpc) is 3.01. The van der Waals surface area contributed by atoms with Crippen LogP contribution in [-0.4, -0.2) is 15.2 Å². The molecule has 0 saturated heterocycles. The Balaban J connectivity index is 2.03. The van der Waals surface area contributed by atoms with E-state index in [2.05, 4.69) is 65.8 Å². The number of H-pyrrole nitrogens is 1. The van der Waals surface area contributed by atoms with Crippen LogP contribution in [0.3, 0.4) is 0 Å². The molecule has 1 aromatic heterocycles. The number of nitrogens with one attached hydrogen (secondary N) is 1. The Labute approximate surface area is 115 Å². The molecular weight excluding hydrogens is 381 g/mol.